The van der Waals surface area contributed by atoms with Crippen LogP contribution < -0.4 is 10.2 Å². The minimum atomic E-state index is -0.807. The summed E-state index contributed by atoms with van der Waals surface area (Å²) in [6.45, 7) is -0.466. The van der Waals surface area contributed by atoms with Crippen molar-refractivity contribution < 1.29 is 14.3 Å². The Hall–Kier alpha value is -2.69. The number of ether oxygens (including phenoxy) is 1. The highest BCUT2D eigenvalue weighted by Gasteiger charge is 2.35. The maximum Gasteiger partial charge on any atom is 0.326 e. The van der Waals surface area contributed by atoms with Gasteiger partial charge < -0.3 is 15.0 Å². The summed E-state index contributed by atoms with van der Waals surface area (Å²) in [7, 11) is 1.65. The van der Waals surface area contributed by atoms with Crippen LogP contribution in [-0.2, 0) is 14.3 Å². The van der Waals surface area contributed by atoms with Gasteiger partial charge in [-0.25, -0.2) is 9.97 Å². The standard InChI is InChI=1S/C15H19N5O3/c1-20(14-17-7-4-8-18-14)9-13(22)23-10-12(21)19-15(11-16)5-2-3-6-15/h4,7-8H,2-3,5-6,9-10H2,1H3,(H,19,21). The fourth-order valence-corrected chi connectivity index (χ4v) is 2.49. The molecule has 23 heavy (non-hydrogen) atoms. The molecule has 8 heteroatoms. The van der Waals surface area contributed by atoms with E-state index in [4.69, 9.17) is 4.74 Å². The van der Waals surface area contributed by atoms with Crippen LogP contribution in [0.4, 0.5) is 5.95 Å². The van der Waals surface area contributed by atoms with Gasteiger partial charge in [0.05, 0.1) is 6.07 Å². The molecule has 0 saturated heterocycles. The number of anilines is 1. The molecule has 1 aliphatic carbocycles. The largest absolute Gasteiger partial charge is 0.454 e. The molecule has 1 aliphatic rings. The average molecular weight is 317 g/mol. The fourth-order valence-electron chi connectivity index (χ4n) is 2.49. The molecular weight excluding hydrogens is 298 g/mol. The second-order valence-corrected chi connectivity index (χ2v) is 5.51. The SMILES string of the molecule is CN(CC(=O)OCC(=O)NC1(C#N)CCCC1)c1ncccn1. The molecule has 0 radical (unpaired) electrons. The molecule has 8 nitrogen and oxygen atoms in total. The third kappa shape index (κ3) is 4.64. The first-order valence-electron chi connectivity index (χ1n) is 7.41. The van der Waals surface area contributed by atoms with E-state index in [-0.39, 0.29) is 6.54 Å². The number of aromatic nitrogens is 2. The van der Waals surface area contributed by atoms with Crippen molar-refractivity contribution in [3.05, 3.63) is 18.5 Å². The molecule has 0 aliphatic heterocycles. The van der Waals surface area contributed by atoms with E-state index in [1.807, 2.05) is 0 Å². The second kappa shape index (κ2) is 7.54. The van der Waals surface area contributed by atoms with Crippen LogP contribution in [0.25, 0.3) is 0 Å². The first-order chi connectivity index (χ1) is 11.0. The van der Waals surface area contributed by atoms with Gasteiger partial charge in [0.25, 0.3) is 5.91 Å². The number of likely N-dealkylation sites (N-methyl/N-ethyl adjacent to an activating group) is 1. The van der Waals surface area contributed by atoms with Crippen LogP contribution in [0.1, 0.15) is 25.7 Å². The number of carbonyl (C=O) groups excluding carboxylic acids is 2. The number of nitrogens with one attached hydrogen (secondary N) is 1. The lowest BCUT2D eigenvalue weighted by Crippen LogP contribution is -2.47. The lowest BCUT2D eigenvalue weighted by atomic mass is 10.00. The Balaban J connectivity index is 1.76. The zero-order valence-corrected chi connectivity index (χ0v) is 13.0. The molecule has 0 atom stereocenters. The van der Waals surface area contributed by atoms with Gasteiger partial charge >= 0.3 is 5.97 Å². The number of nitrogens with zero attached hydrogens (tertiary/aromatic N) is 4. The normalized spacial score (nSPS) is 15.5. The minimum absolute atomic E-state index is 0.0688. The highest BCUT2D eigenvalue weighted by Crippen LogP contribution is 2.28. The monoisotopic (exact) mass is 317 g/mol. The number of hydrogen-bond donors (Lipinski definition) is 1. The van der Waals surface area contributed by atoms with Gasteiger partial charge in [0.15, 0.2) is 6.61 Å². The van der Waals surface area contributed by atoms with Gasteiger partial charge in [-0.05, 0) is 31.7 Å². The van der Waals surface area contributed by atoms with Crippen molar-refractivity contribution in [2.75, 3.05) is 25.1 Å². The van der Waals surface area contributed by atoms with Gasteiger partial charge in [-0.2, -0.15) is 5.26 Å². The molecule has 0 spiro atoms. The van der Waals surface area contributed by atoms with Crippen molar-refractivity contribution in [1.29, 1.82) is 5.26 Å². The maximum atomic E-state index is 11.8. The Bertz CT molecular complexity index is 593. The molecule has 1 fully saturated rings. The Morgan fingerprint density at radius 2 is 2.04 bits per heavy atom. The molecule has 1 saturated carbocycles. The number of nitriles is 1. The summed E-state index contributed by atoms with van der Waals surface area (Å²) >= 11 is 0. The number of carbonyl (C=O) groups is 2. The highest BCUT2D eigenvalue weighted by molar-refractivity contribution is 5.82. The summed E-state index contributed by atoms with van der Waals surface area (Å²) in [5.74, 6) is -0.628. The fraction of sp³-hybridized carbons (Fsp3) is 0.533. The second-order valence-electron chi connectivity index (χ2n) is 5.51. The summed E-state index contributed by atoms with van der Waals surface area (Å²) < 4.78 is 4.94. The van der Waals surface area contributed by atoms with E-state index in [0.29, 0.717) is 18.8 Å². The summed E-state index contributed by atoms with van der Waals surface area (Å²) in [5, 5.41) is 11.9. The van der Waals surface area contributed by atoms with Crippen LogP contribution in [0.3, 0.4) is 0 Å². The van der Waals surface area contributed by atoms with Crippen molar-refractivity contribution in [3.63, 3.8) is 0 Å². The van der Waals surface area contributed by atoms with Crippen LogP contribution in [-0.4, -0.2) is 47.6 Å². The molecule has 122 valence electrons. The van der Waals surface area contributed by atoms with Crippen LogP contribution in [0.15, 0.2) is 18.5 Å². The Morgan fingerprint density at radius 3 is 2.65 bits per heavy atom. The summed E-state index contributed by atoms with van der Waals surface area (Å²) in [5.41, 5.74) is -0.807. The molecule has 1 aromatic heterocycles. The van der Waals surface area contributed by atoms with Crippen molar-refractivity contribution in [2.24, 2.45) is 0 Å². The van der Waals surface area contributed by atoms with E-state index in [0.717, 1.165) is 12.8 Å². The molecule has 2 rings (SSSR count). The van der Waals surface area contributed by atoms with E-state index in [9.17, 15) is 14.9 Å². The predicted octanol–water partition coefficient (Wildman–Crippen LogP) is 0.409. The molecule has 1 heterocycles. The van der Waals surface area contributed by atoms with Gasteiger partial charge in [0, 0.05) is 19.4 Å². The third-order valence-corrected chi connectivity index (χ3v) is 3.67. The zero-order valence-electron chi connectivity index (χ0n) is 13.0. The molecule has 1 aromatic rings. The number of rotatable bonds is 6. The van der Waals surface area contributed by atoms with E-state index in [1.165, 1.54) is 4.90 Å². The van der Waals surface area contributed by atoms with E-state index in [1.54, 1.807) is 25.5 Å². The van der Waals surface area contributed by atoms with Crippen molar-refractivity contribution >= 4 is 17.8 Å². The number of esters is 1. The van der Waals surface area contributed by atoms with Gasteiger partial charge in [-0.3, -0.25) is 9.59 Å². The van der Waals surface area contributed by atoms with Crippen LogP contribution in [0.5, 0.6) is 0 Å². The van der Waals surface area contributed by atoms with E-state index < -0.39 is 24.0 Å². The molecule has 0 bridgehead atoms. The van der Waals surface area contributed by atoms with Crippen molar-refractivity contribution in [3.8, 4) is 6.07 Å². The van der Waals surface area contributed by atoms with Gasteiger partial charge in [0.2, 0.25) is 5.95 Å². The Labute approximate surface area is 134 Å². The minimum Gasteiger partial charge on any atom is -0.454 e. The topological polar surface area (TPSA) is 108 Å². The lowest BCUT2D eigenvalue weighted by Gasteiger charge is -2.22. The Kier molecular flexibility index (Phi) is 5.46. The summed E-state index contributed by atoms with van der Waals surface area (Å²) in [6, 6.07) is 3.83. The highest BCUT2D eigenvalue weighted by atomic mass is 16.5. The summed E-state index contributed by atoms with van der Waals surface area (Å²) in [4.78, 5) is 33.1. The maximum absolute atomic E-state index is 11.8. The average Bonchev–Trinajstić information content (AvgIpc) is 3.03. The van der Waals surface area contributed by atoms with Gasteiger partial charge in [0.1, 0.15) is 12.1 Å². The first kappa shape index (κ1) is 16.7. The van der Waals surface area contributed by atoms with E-state index in [2.05, 4.69) is 21.4 Å². The quantitative estimate of drug-likeness (QED) is 0.757. The Morgan fingerprint density at radius 1 is 1.39 bits per heavy atom. The molecular formula is C15H19N5O3. The zero-order chi connectivity index (χ0) is 16.7. The third-order valence-electron chi connectivity index (χ3n) is 3.67. The van der Waals surface area contributed by atoms with Crippen molar-refractivity contribution in [1.82, 2.24) is 15.3 Å². The van der Waals surface area contributed by atoms with Gasteiger partial charge in [-0.1, -0.05) is 0 Å². The van der Waals surface area contributed by atoms with Gasteiger partial charge in [-0.15, -0.1) is 0 Å². The van der Waals surface area contributed by atoms with Crippen molar-refractivity contribution in [2.45, 2.75) is 31.2 Å². The number of hydrogen-bond acceptors (Lipinski definition) is 7. The summed E-state index contributed by atoms with van der Waals surface area (Å²) in [6.07, 6.45) is 6.24. The number of amides is 1. The van der Waals surface area contributed by atoms with Crippen LogP contribution in [0.2, 0.25) is 0 Å². The smallest absolute Gasteiger partial charge is 0.326 e. The van der Waals surface area contributed by atoms with Crippen LogP contribution in [0, 0.1) is 11.3 Å². The van der Waals surface area contributed by atoms with E-state index >= 15 is 0 Å². The molecule has 1 N–H and O–H groups in total. The predicted molar refractivity (Wildman–Crippen MR) is 81.2 cm³/mol. The van der Waals surface area contributed by atoms with Crippen LogP contribution >= 0.6 is 0 Å². The molecule has 0 aromatic carbocycles. The first-order valence-corrected chi connectivity index (χ1v) is 7.41. The lowest BCUT2D eigenvalue weighted by molar-refractivity contribution is -0.147. The molecule has 1 amide bonds. The molecule has 0 unspecified atom stereocenters.